The second-order valence-corrected chi connectivity index (χ2v) is 6.00. The molecular formula is C19H16F3NO4. The van der Waals surface area contributed by atoms with Crippen LogP contribution < -0.4 is 4.74 Å². The number of rotatable bonds is 5. The van der Waals surface area contributed by atoms with Gasteiger partial charge in [-0.1, -0.05) is 36.4 Å². The van der Waals surface area contributed by atoms with Crippen molar-refractivity contribution in [1.29, 1.82) is 0 Å². The molecule has 0 radical (unpaired) electrons. The summed E-state index contributed by atoms with van der Waals surface area (Å²) in [5, 5.41) is 0. The molecule has 27 heavy (non-hydrogen) atoms. The molecule has 0 N–H and O–H groups in total. The molecule has 5 nitrogen and oxygen atoms in total. The summed E-state index contributed by atoms with van der Waals surface area (Å²) in [5.41, 5.74) is 0.0485. The van der Waals surface area contributed by atoms with E-state index in [1.54, 1.807) is 0 Å². The van der Waals surface area contributed by atoms with E-state index >= 15 is 0 Å². The van der Waals surface area contributed by atoms with Crippen LogP contribution in [0.1, 0.15) is 11.1 Å². The molecule has 1 fully saturated rings. The van der Waals surface area contributed by atoms with Crippen LogP contribution in [-0.4, -0.2) is 36.2 Å². The van der Waals surface area contributed by atoms with Gasteiger partial charge < -0.3 is 9.47 Å². The molecule has 142 valence electrons. The number of hydrogen-bond acceptors (Lipinski definition) is 4. The number of nitrogens with zero attached hydrogens (tertiary/aromatic N) is 1. The predicted octanol–water partition coefficient (Wildman–Crippen LogP) is 3.67. The second-order valence-electron chi connectivity index (χ2n) is 6.00. The van der Waals surface area contributed by atoms with Crippen LogP contribution in [0.5, 0.6) is 5.75 Å². The molecule has 0 bridgehead atoms. The first-order valence-corrected chi connectivity index (χ1v) is 8.17. The summed E-state index contributed by atoms with van der Waals surface area (Å²) in [5.74, 6) is -0.777. The van der Waals surface area contributed by atoms with E-state index in [2.05, 4.69) is 0 Å². The second kappa shape index (κ2) is 7.69. The highest BCUT2D eigenvalue weighted by Crippen LogP contribution is 2.31. The van der Waals surface area contributed by atoms with Gasteiger partial charge in [-0.2, -0.15) is 13.2 Å². The maximum Gasteiger partial charge on any atom is 0.417 e. The van der Waals surface area contributed by atoms with Crippen molar-refractivity contribution in [3.63, 3.8) is 0 Å². The number of alkyl halides is 3. The Hall–Kier alpha value is -3.03. The quantitative estimate of drug-likeness (QED) is 0.795. The Balaban J connectivity index is 1.65. The first-order valence-electron chi connectivity index (χ1n) is 8.17. The van der Waals surface area contributed by atoms with E-state index in [9.17, 15) is 22.8 Å². The SMILES string of the molecule is O=C(COc1cccc(C(F)(F)F)c1)N1C(=O)OC[C@@H]1Cc1ccccc1. The van der Waals surface area contributed by atoms with E-state index in [4.69, 9.17) is 9.47 Å². The van der Waals surface area contributed by atoms with Gasteiger partial charge in [-0.05, 0) is 30.2 Å². The van der Waals surface area contributed by atoms with Gasteiger partial charge in [-0.15, -0.1) is 0 Å². The van der Waals surface area contributed by atoms with Crippen molar-refractivity contribution < 1.29 is 32.2 Å². The van der Waals surface area contributed by atoms with Gasteiger partial charge in [0.25, 0.3) is 5.91 Å². The van der Waals surface area contributed by atoms with Gasteiger partial charge in [0, 0.05) is 0 Å². The number of hydrogen-bond donors (Lipinski definition) is 0. The van der Waals surface area contributed by atoms with Crippen molar-refractivity contribution in [2.75, 3.05) is 13.2 Å². The fourth-order valence-corrected chi connectivity index (χ4v) is 2.78. The summed E-state index contributed by atoms with van der Waals surface area (Å²) in [6.07, 6.45) is -4.88. The Bertz CT molecular complexity index is 823. The summed E-state index contributed by atoms with van der Waals surface area (Å²) in [6, 6.07) is 13.0. The lowest BCUT2D eigenvalue weighted by Gasteiger charge is -2.20. The third-order valence-corrected chi connectivity index (χ3v) is 4.07. The topological polar surface area (TPSA) is 55.8 Å². The summed E-state index contributed by atoms with van der Waals surface area (Å²) in [7, 11) is 0. The summed E-state index contributed by atoms with van der Waals surface area (Å²) < 4.78 is 48.3. The van der Waals surface area contributed by atoms with E-state index in [1.807, 2.05) is 30.3 Å². The van der Waals surface area contributed by atoms with E-state index in [1.165, 1.54) is 12.1 Å². The lowest BCUT2D eigenvalue weighted by Crippen LogP contribution is -2.42. The maximum absolute atomic E-state index is 12.7. The zero-order chi connectivity index (χ0) is 19.4. The van der Waals surface area contributed by atoms with E-state index in [-0.39, 0.29) is 12.4 Å². The Labute approximate surface area is 153 Å². The van der Waals surface area contributed by atoms with Gasteiger partial charge in [0.1, 0.15) is 12.4 Å². The Morgan fingerprint density at radius 1 is 1.15 bits per heavy atom. The largest absolute Gasteiger partial charge is 0.484 e. The van der Waals surface area contributed by atoms with E-state index in [0.717, 1.165) is 22.6 Å². The van der Waals surface area contributed by atoms with Gasteiger partial charge in [0.2, 0.25) is 0 Å². The predicted molar refractivity (Wildman–Crippen MR) is 89.1 cm³/mol. The number of benzene rings is 2. The van der Waals surface area contributed by atoms with Crippen LogP contribution in [0.15, 0.2) is 54.6 Å². The van der Waals surface area contributed by atoms with E-state index in [0.29, 0.717) is 6.42 Å². The number of ether oxygens (including phenoxy) is 2. The molecule has 2 aromatic carbocycles. The van der Waals surface area contributed by atoms with Crippen LogP contribution in [0.25, 0.3) is 0 Å². The van der Waals surface area contributed by atoms with Gasteiger partial charge in [0.15, 0.2) is 6.61 Å². The van der Waals surface area contributed by atoms with Crippen molar-refractivity contribution in [1.82, 2.24) is 4.90 Å². The average molecular weight is 379 g/mol. The molecule has 2 aromatic rings. The van der Waals surface area contributed by atoms with Crippen molar-refractivity contribution in [3.05, 3.63) is 65.7 Å². The highest BCUT2D eigenvalue weighted by Gasteiger charge is 2.38. The molecule has 0 aromatic heterocycles. The minimum Gasteiger partial charge on any atom is -0.484 e. The molecule has 1 aliphatic heterocycles. The van der Waals surface area contributed by atoms with Crippen LogP contribution in [0, 0.1) is 0 Å². The zero-order valence-corrected chi connectivity index (χ0v) is 14.1. The lowest BCUT2D eigenvalue weighted by molar-refractivity contribution is -0.137. The smallest absolute Gasteiger partial charge is 0.417 e. The fraction of sp³-hybridized carbons (Fsp3) is 0.263. The Morgan fingerprint density at radius 2 is 1.89 bits per heavy atom. The molecule has 2 amide bonds. The van der Waals surface area contributed by atoms with Gasteiger partial charge in [-0.25, -0.2) is 9.69 Å². The average Bonchev–Trinajstić information content (AvgIpc) is 3.00. The van der Waals surface area contributed by atoms with Crippen LogP contribution >= 0.6 is 0 Å². The Kier molecular flexibility index (Phi) is 5.34. The molecule has 1 atom stereocenters. The molecule has 0 aliphatic carbocycles. The Morgan fingerprint density at radius 3 is 2.59 bits per heavy atom. The van der Waals surface area contributed by atoms with Crippen molar-refractivity contribution in [3.8, 4) is 5.75 Å². The van der Waals surface area contributed by atoms with E-state index < -0.39 is 36.4 Å². The number of halogens is 3. The third-order valence-electron chi connectivity index (χ3n) is 4.07. The van der Waals surface area contributed by atoms with Gasteiger partial charge in [0.05, 0.1) is 11.6 Å². The minimum absolute atomic E-state index is 0.0586. The van der Waals surface area contributed by atoms with Crippen LogP contribution in [0.3, 0.4) is 0 Å². The summed E-state index contributed by atoms with van der Waals surface area (Å²) in [6.45, 7) is -0.509. The molecule has 0 spiro atoms. The normalized spacial score (nSPS) is 16.9. The molecule has 0 saturated carbocycles. The molecule has 1 aliphatic rings. The van der Waals surface area contributed by atoms with Crippen LogP contribution in [0.4, 0.5) is 18.0 Å². The lowest BCUT2D eigenvalue weighted by atomic mass is 10.1. The van der Waals surface area contributed by atoms with Crippen LogP contribution in [-0.2, 0) is 22.1 Å². The standard InChI is InChI=1S/C19H16F3NO4/c20-19(21,22)14-7-4-8-16(10-14)26-12-17(24)23-15(11-27-18(23)25)9-13-5-2-1-3-6-13/h1-8,10,15H,9,11-12H2/t15-/m0/s1. The number of cyclic esters (lactones) is 1. The summed E-state index contributed by atoms with van der Waals surface area (Å²) in [4.78, 5) is 25.2. The summed E-state index contributed by atoms with van der Waals surface area (Å²) >= 11 is 0. The van der Waals surface area contributed by atoms with Gasteiger partial charge >= 0.3 is 12.3 Å². The number of imide groups is 1. The highest BCUT2D eigenvalue weighted by molar-refractivity contribution is 5.94. The number of carbonyl (C=O) groups is 2. The van der Waals surface area contributed by atoms with Crippen molar-refractivity contribution in [2.24, 2.45) is 0 Å². The zero-order valence-electron chi connectivity index (χ0n) is 14.1. The molecular weight excluding hydrogens is 363 g/mol. The molecule has 8 heteroatoms. The first kappa shape index (κ1) is 18.8. The molecule has 1 saturated heterocycles. The van der Waals surface area contributed by atoms with Crippen LogP contribution in [0.2, 0.25) is 0 Å². The third kappa shape index (κ3) is 4.58. The monoisotopic (exact) mass is 379 g/mol. The minimum atomic E-state index is -4.51. The number of carbonyl (C=O) groups excluding carboxylic acids is 2. The maximum atomic E-state index is 12.7. The first-order chi connectivity index (χ1) is 12.8. The highest BCUT2D eigenvalue weighted by atomic mass is 19.4. The molecule has 3 rings (SSSR count). The van der Waals surface area contributed by atoms with Crippen molar-refractivity contribution in [2.45, 2.75) is 18.6 Å². The fourth-order valence-electron chi connectivity index (χ4n) is 2.78. The number of amides is 2. The van der Waals surface area contributed by atoms with Gasteiger partial charge in [-0.3, -0.25) is 4.79 Å². The molecule has 1 heterocycles. The van der Waals surface area contributed by atoms with Crippen molar-refractivity contribution >= 4 is 12.0 Å². The molecule has 0 unspecified atom stereocenters.